The summed E-state index contributed by atoms with van der Waals surface area (Å²) in [6.45, 7) is 2.48. The molecule has 0 amide bonds. The molecule has 0 saturated carbocycles. The molecule has 0 saturated heterocycles. The van der Waals surface area contributed by atoms with Gasteiger partial charge in [0.2, 0.25) is 0 Å². The lowest BCUT2D eigenvalue weighted by Crippen LogP contribution is -2.16. The van der Waals surface area contributed by atoms with Crippen LogP contribution in [0.5, 0.6) is 0 Å². The second-order valence-electron chi connectivity index (χ2n) is 4.64. The van der Waals surface area contributed by atoms with Gasteiger partial charge in [-0.05, 0) is 24.1 Å². The van der Waals surface area contributed by atoms with Gasteiger partial charge in [0, 0.05) is 19.5 Å². The predicted octanol–water partition coefficient (Wildman–Crippen LogP) is 2.82. The van der Waals surface area contributed by atoms with Crippen LogP contribution in [0.2, 0.25) is 10.0 Å². The van der Waals surface area contributed by atoms with E-state index in [0.29, 0.717) is 16.6 Å². The molecule has 2 heterocycles. The molecule has 1 aliphatic heterocycles. The van der Waals surface area contributed by atoms with Crippen molar-refractivity contribution in [2.45, 2.75) is 32.5 Å². The van der Waals surface area contributed by atoms with E-state index in [2.05, 4.69) is 20.1 Å². The number of fused-ring (bicyclic) bond motifs is 1. The molecule has 3 rings (SSSR count). The van der Waals surface area contributed by atoms with Gasteiger partial charge in [0.1, 0.15) is 11.6 Å². The van der Waals surface area contributed by atoms with Crippen molar-refractivity contribution in [1.82, 2.24) is 20.1 Å². The first-order chi connectivity index (χ1) is 9.24. The van der Waals surface area contributed by atoms with Crippen molar-refractivity contribution in [2.75, 3.05) is 0 Å². The van der Waals surface area contributed by atoms with E-state index in [4.69, 9.17) is 23.2 Å². The number of hydrogen-bond acceptors (Lipinski definition) is 3. The van der Waals surface area contributed by atoms with Crippen molar-refractivity contribution in [3.63, 3.8) is 0 Å². The number of rotatable bonds is 4. The maximum absolute atomic E-state index is 5.98. The van der Waals surface area contributed by atoms with Gasteiger partial charge in [0.25, 0.3) is 0 Å². The third-order valence-electron chi connectivity index (χ3n) is 3.28. The van der Waals surface area contributed by atoms with Crippen LogP contribution in [0, 0.1) is 0 Å². The van der Waals surface area contributed by atoms with E-state index in [1.54, 1.807) is 0 Å². The van der Waals surface area contributed by atoms with Gasteiger partial charge in [-0.2, -0.15) is 0 Å². The minimum absolute atomic E-state index is 0.584. The molecule has 4 nitrogen and oxygen atoms in total. The largest absolute Gasteiger partial charge is 0.314 e. The maximum atomic E-state index is 5.98. The molecule has 0 bridgehead atoms. The van der Waals surface area contributed by atoms with Crippen LogP contribution < -0.4 is 5.32 Å². The summed E-state index contributed by atoms with van der Waals surface area (Å²) in [6, 6.07) is 5.66. The molecular weight excluding hydrogens is 283 g/mol. The van der Waals surface area contributed by atoms with E-state index < -0.39 is 0 Å². The van der Waals surface area contributed by atoms with Gasteiger partial charge < -0.3 is 9.88 Å². The quantitative estimate of drug-likeness (QED) is 0.943. The summed E-state index contributed by atoms with van der Waals surface area (Å²) in [6.07, 6.45) is 2.21. The van der Waals surface area contributed by atoms with Gasteiger partial charge in [0.15, 0.2) is 0 Å². The zero-order valence-corrected chi connectivity index (χ0v) is 11.9. The van der Waals surface area contributed by atoms with Crippen LogP contribution in [0.25, 0.3) is 0 Å². The number of nitrogens with one attached hydrogen (secondary N) is 1. The summed E-state index contributed by atoms with van der Waals surface area (Å²) in [7, 11) is 0. The van der Waals surface area contributed by atoms with Crippen molar-refractivity contribution in [3.8, 4) is 0 Å². The van der Waals surface area contributed by atoms with Gasteiger partial charge in [-0.1, -0.05) is 29.3 Å². The number of aryl methyl sites for hydroxylation is 1. The Bertz CT molecular complexity index is 594. The van der Waals surface area contributed by atoms with Crippen LogP contribution in [0.15, 0.2) is 18.2 Å². The highest BCUT2D eigenvalue weighted by Gasteiger charge is 2.16. The van der Waals surface area contributed by atoms with E-state index in [-0.39, 0.29) is 0 Å². The lowest BCUT2D eigenvalue weighted by molar-refractivity contribution is 0.610. The fraction of sp³-hybridized carbons (Fsp3) is 0.385. The molecule has 2 aromatic rings. The van der Waals surface area contributed by atoms with Crippen molar-refractivity contribution in [1.29, 1.82) is 0 Å². The van der Waals surface area contributed by atoms with Crippen LogP contribution in [0.1, 0.15) is 23.6 Å². The number of aromatic nitrogens is 3. The molecule has 0 radical (unpaired) electrons. The molecule has 1 aliphatic rings. The van der Waals surface area contributed by atoms with Gasteiger partial charge in [-0.25, -0.2) is 0 Å². The minimum Gasteiger partial charge on any atom is -0.314 e. The zero-order chi connectivity index (χ0) is 13.2. The molecule has 0 atom stereocenters. The highest BCUT2D eigenvalue weighted by Crippen LogP contribution is 2.22. The molecular formula is C13H14Cl2N4. The van der Waals surface area contributed by atoms with Gasteiger partial charge in [-0.3, -0.25) is 0 Å². The molecule has 1 aromatic carbocycles. The summed E-state index contributed by atoms with van der Waals surface area (Å²) in [5.41, 5.74) is 1.11. The minimum atomic E-state index is 0.584. The van der Waals surface area contributed by atoms with Crippen molar-refractivity contribution in [2.24, 2.45) is 0 Å². The molecule has 0 unspecified atom stereocenters. The van der Waals surface area contributed by atoms with Crippen LogP contribution in [-0.4, -0.2) is 14.8 Å². The standard InChI is InChI=1S/C13H14Cl2N4/c14-10-4-3-9(6-11(10)15)7-16-8-13-18-17-12-2-1-5-19(12)13/h3-4,6,16H,1-2,5,7-8H2. The number of hydrogen-bond donors (Lipinski definition) is 1. The average molecular weight is 297 g/mol. The molecule has 0 fully saturated rings. The molecule has 19 heavy (non-hydrogen) atoms. The summed E-state index contributed by atoms with van der Waals surface area (Å²) >= 11 is 11.9. The maximum Gasteiger partial charge on any atom is 0.147 e. The fourth-order valence-electron chi connectivity index (χ4n) is 2.31. The van der Waals surface area contributed by atoms with Crippen molar-refractivity contribution in [3.05, 3.63) is 45.5 Å². The summed E-state index contributed by atoms with van der Waals surface area (Å²) in [4.78, 5) is 0. The van der Waals surface area contributed by atoms with Gasteiger partial charge >= 0.3 is 0 Å². The fourth-order valence-corrected chi connectivity index (χ4v) is 2.63. The first-order valence-corrected chi connectivity index (χ1v) is 7.05. The summed E-state index contributed by atoms with van der Waals surface area (Å²) in [5.74, 6) is 2.11. The van der Waals surface area contributed by atoms with Crippen LogP contribution in [0.4, 0.5) is 0 Å². The Labute approximate surface area is 121 Å². The third kappa shape index (κ3) is 2.76. The van der Waals surface area contributed by atoms with E-state index >= 15 is 0 Å². The Balaban J connectivity index is 1.59. The Morgan fingerprint density at radius 3 is 2.89 bits per heavy atom. The highest BCUT2D eigenvalue weighted by molar-refractivity contribution is 6.42. The molecule has 1 aromatic heterocycles. The smallest absolute Gasteiger partial charge is 0.147 e. The van der Waals surface area contributed by atoms with Gasteiger partial charge in [0.05, 0.1) is 16.6 Å². The molecule has 0 spiro atoms. The molecule has 1 N–H and O–H groups in total. The summed E-state index contributed by atoms with van der Waals surface area (Å²) < 4.78 is 2.20. The van der Waals surface area contributed by atoms with E-state index in [1.165, 1.54) is 6.42 Å². The Hall–Kier alpha value is -1.10. The monoisotopic (exact) mass is 296 g/mol. The second kappa shape index (κ2) is 5.49. The first kappa shape index (κ1) is 12.9. The highest BCUT2D eigenvalue weighted by atomic mass is 35.5. The first-order valence-electron chi connectivity index (χ1n) is 6.29. The SMILES string of the molecule is Clc1ccc(CNCc2nnc3n2CCC3)cc1Cl. The van der Waals surface area contributed by atoms with Crippen molar-refractivity contribution < 1.29 is 0 Å². The lowest BCUT2D eigenvalue weighted by Gasteiger charge is -2.06. The molecule has 6 heteroatoms. The number of halogens is 2. The van der Waals surface area contributed by atoms with Gasteiger partial charge in [-0.15, -0.1) is 10.2 Å². The Morgan fingerprint density at radius 1 is 1.16 bits per heavy atom. The normalized spacial score (nSPS) is 13.8. The summed E-state index contributed by atoms with van der Waals surface area (Å²) in [5, 5.41) is 12.9. The average Bonchev–Trinajstić information content (AvgIpc) is 2.98. The third-order valence-corrected chi connectivity index (χ3v) is 4.02. The second-order valence-corrected chi connectivity index (χ2v) is 5.45. The van der Waals surface area contributed by atoms with E-state index in [1.807, 2.05) is 18.2 Å². The van der Waals surface area contributed by atoms with E-state index in [9.17, 15) is 0 Å². The Kier molecular flexibility index (Phi) is 3.73. The van der Waals surface area contributed by atoms with Crippen LogP contribution >= 0.6 is 23.2 Å². The van der Waals surface area contributed by atoms with Crippen LogP contribution in [-0.2, 0) is 26.1 Å². The predicted molar refractivity (Wildman–Crippen MR) is 75.3 cm³/mol. The zero-order valence-electron chi connectivity index (χ0n) is 10.4. The topological polar surface area (TPSA) is 42.7 Å². The lowest BCUT2D eigenvalue weighted by atomic mass is 10.2. The van der Waals surface area contributed by atoms with E-state index in [0.717, 1.165) is 36.7 Å². The Morgan fingerprint density at radius 2 is 2.05 bits per heavy atom. The number of benzene rings is 1. The molecule has 100 valence electrons. The van der Waals surface area contributed by atoms with Crippen molar-refractivity contribution >= 4 is 23.2 Å². The van der Waals surface area contributed by atoms with Crippen LogP contribution in [0.3, 0.4) is 0 Å². The number of nitrogens with zero attached hydrogens (tertiary/aromatic N) is 3. The molecule has 0 aliphatic carbocycles.